The fraction of sp³-hybridized carbons (Fsp3) is 0.455. The van der Waals surface area contributed by atoms with Crippen LogP contribution in [0.3, 0.4) is 0 Å². The number of aliphatic hydroxyl groups is 1. The second-order valence-corrected chi connectivity index (χ2v) is 10.5. The van der Waals surface area contributed by atoms with E-state index in [1.54, 1.807) is 0 Å². The number of hydrogen-bond acceptors (Lipinski definition) is 5. The molecular weight excluding hydrogens is 410 g/mol. The number of halogens is 1. The minimum Gasteiger partial charge on any atom is -0.491 e. The molecule has 2 unspecified atom stereocenters. The van der Waals surface area contributed by atoms with E-state index in [0.717, 1.165) is 22.4 Å². The molecule has 0 spiro atoms. The van der Waals surface area contributed by atoms with Crippen molar-refractivity contribution in [3.05, 3.63) is 64.2 Å². The summed E-state index contributed by atoms with van der Waals surface area (Å²) in [4.78, 5) is 2.05. The Kier molecular flexibility index (Phi) is 7.22. The normalized spacial score (nSPS) is 19.4. The van der Waals surface area contributed by atoms with E-state index in [9.17, 15) is 13.5 Å². The van der Waals surface area contributed by atoms with Crippen LogP contribution in [-0.2, 0) is 16.4 Å². The highest BCUT2D eigenvalue weighted by Gasteiger charge is 2.33. The Morgan fingerprint density at radius 1 is 1.21 bits per heavy atom. The van der Waals surface area contributed by atoms with E-state index in [-0.39, 0.29) is 24.2 Å². The smallest absolute Gasteiger partial charge is 0.151 e. The second kappa shape index (κ2) is 9.47. The van der Waals surface area contributed by atoms with Crippen molar-refractivity contribution in [2.45, 2.75) is 39.0 Å². The molecule has 0 radical (unpaired) electrons. The Hall–Kier alpha value is -1.60. The molecule has 1 heterocycles. The molecule has 1 N–H and O–H groups in total. The number of sulfone groups is 1. The van der Waals surface area contributed by atoms with Crippen LogP contribution in [-0.4, -0.2) is 55.2 Å². The lowest BCUT2D eigenvalue weighted by Gasteiger charge is -2.30. The summed E-state index contributed by atoms with van der Waals surface area (Å²) < 4.78 is 29.8. The van der Waals surface area contributed by atoms with Gasteiger partial charge in [-0.05, 0) is 49.6 Å². The third kappa shape index (κ3) is 6.44. The Labute approximate surface area is 178 Å². The van der Waals surface area contributed by atoms with Gasteiger partial charge < -0.3 is 9.84 Å². The van der Waals surface area contributed by atoms with Crippen LogP contribution in [0.1, 0.15) is 23.1 Å². The molecule has 7 heteroatoms. The van der Waals surface area contributed by atoms with E-state index in [2.05, 4.69) is 0 Å². The summed E-state index contributed by atoms with van der Waals surface area (Å²) in [5.41, 5.74) is 3.21. The Balaban J connectivity index is 1.65. The first-order chi connectivity index (χ1) is 13.7. The average molecular weight is 438 g/mol. The van der Waals surface area contributed by atoms with E-state index in [1.807, 2.05) is 61.2 Å². The van der Waals surface area contributed by atoms with Crippen LogP contribution in [0, 0.1) is 13.8 Å². The number of benzene rings is 2. The Morgan fingerprint density at radius 2 is 1.93 bits per heavy atom. The third-order valence-electron chi connectivity index (χ3n) is 5.23. The summed E-state index contributed by atoms with van der Waals surface area (Å²) in [5.74, 6) is 1.08. The number of ether oxygens (including phenoxy) is 1. The van der Waals surface area contributed by atoms with Crippen LogP contribution in [0.25, 0.3) is 0 Å². The first kappa shape index (κ1) is 22.1. The van der Waals surface area contributed by atoms with Gasteiger partial charge in [0.25, 0.3) is 0 Å². The van der Waals surface area contributed by atoms with Gasteiger partial charge in [-0.1, -0.05) is 41.4 Å². The Bertz CT molecular complexity index is 930. The van der Waals surface area contributed by atoms with Gasteiger partial charge in [0.2, 0.25) is 0 Å². The van der Waals surface area contributed by atoms with Crippen molar-refractivity contribution in [2.75, 3.05) is 24.7 Å². The predicted octanol–water partition coefficient (Wildman–Crippen LogP) is 3.39. The molecule has 0 saturated carbocycles. The van der Waals surface area contributed by atoms with E-state index in [1.165, 1.54) is 0 Å². The summed E-state index contributed by atoms with van der Waals surface area (Å²) in [5, 5.41) is 11.3. The average Bonchev–Trinajstić information content (AvgIpc) is 3.02. The minimum atomic E-state index is -3.02. The quantitative estimate of drug-likeness (QED) is 0.685. The molecule has 2 aromatic rings. The van der Waals surface area contributed by atoms with Gasteiger partial charge in [0.05, 0.1) is 11.5 Å². The zero-order chi connectivity index (χ0) is 21.0. The SMILES string of the molecule is Cc1ccc(OCC(O)CN(Cc2ccc(Cl)cc2)C2CCS(=O)(=O)C2)c(C)c1. The highest BCUT2D eigenvalue weighted by molar-refractivity contribution is 7.91. The van der Waals surface area contributed by atoms with Gasteiger partial charge >= 0.3 is 0 Å². The van der Waals surface area contributed by atoms with Gasteiger partial charge in [0.15, 0.2) is 9.84 Å². The number of aryl methyl sites for hydroxylation is 2. The first-order valence-corrected chi connectivity index (χ1v) is 12.0. The fourth-order valence-corrected chi connectivity index (χ4v) is 5.59. The first-order valence-electron chi connectivity index (χ1n) is 9.79. The summed E-state index contributed by atoms with van der Waals surface area (Å²) in [6.45, 7) is 5.05. The molecule has 0 aliphatic carbocycles. The van der Waals surface area contributed by atoms with Crippen molar-refractivity contribution < 1.29 is 18.3 Å². The van der Waals surface area contributed by atoms with E-state index in [4.69, 9.17) is 16.3 Å². The highest BCUT2D eigenvalue weighted by Crippen LogP contribution is 2.22. The molecule has 1 fully saturated rings. The summed E-state index contributed by atoms with van der Waals surface area (Å²) >= 11 is 5.97. The molecule has 1 aliphatic rings. The van der Waals surface area contributed by atoms with Crippen LogP contribution in [0.2, 0.25) is 5.02 Å². The minimum absolute atomic E-state index is 0.105. The summed E-state index contributed by atoms with van der Waals surface area (Å²) in [6.07, 6.45) is -0.146. The van der Waals surface area contributed by atoms with Crippen molar-refractivity contribution in [2.24, 2.45) is 0 Å². The topological polar surface area (TPSA) is 66.8 Å². The van der Waals surface area contributed by atoms with Gasteiger partial charge in [-0.3, -0.25) is 4.90 Å². The van der Waals surface area contributed by atoms with Crippen LogP contribution in [0.15, 0.2) is 42.5 Å². The van der Waals surface area contributed by atoms with Crippen molar-refractivity contribution >= 4 is 21.4 Å². The maximum Gasteiger partial charge on any atom is 0.151 e. The molecule has 158 valence electrons. The third-order valence-corrected chi connectivity index (χ3v) is 7.23. The number of hydrogen-bond donors (Lipinski definition) is 1. The molecule has 0 aromatic heterocycles. The van der Waals surface area contributed by atoms with Crippen LogP contribution < -0.4 is 4.74 Å². The summed E-state index contributed by atoms with van der Waals surface area (Å²) in [6, 6.07) is 13.3. The lowest BCUT2D eigenvalue weighted by molar-refractivity contribution is 0.0523. The molecule has 1 saturated heterocycles. The van der Waals surface area contributed by atoms with E-state index in [0.29, 0.717) is 24.5 Å². The van der Waals surface area contributed by atoms with E-state index < -0.39 is 15.9 Å². The van der Waals surface area contributed by atoms with Gasteiger partial charge in [-0.2, -0.15) is 0 Å². The molecule has 1 aliphatic heterocycles. The molecule has 29 heavy (non-hydrogen) atoms. The summed E-state index contributed by atoms with van der Waals surface area (Å²) in [7, 11) is -3.02. The number of rotatable bonds is 8. The van der Waals surface area contributed by atoms with Crippen LogP contribution in [0.5, 0.6) is 5.75 Å². The van der Waals surface area contributed by atoms with Gasteiger partial charge in [-0.25, -0.2) is 8.42 Å². The van der Waals surface area contributed by atoms with Crippen LogP contribution >= 0.6 is 11.6 Å². The monoisotopic (exact) mass is 437 g/mol. The van der Waals surface area contributed by atoms with Gasteiger partial charge in [0.1, 0.15) is 18.5 Å². The maximum absolute atomic E-state index is 12.0. The Morgan fingerprint density at radius 3 is 2.55 bits per heavy atom. The van der Waals surface area contributed by atoms with Gasteiger partial charge in [0, 0.05) is 24.2 Å². The fourth-order valence-electron chi connectivity index (χ4n) is 3.70. The van der Waals surface area contributed by atoms with Crippen molar-refractivity contribution in [1.29, 1.82) is 0 Å². The second-order valence-electron chi connectivity index (χ2n) is 7.85. The molecule has 2 atom stereocenters. The number of aliphatic hydroxyl groups excluding tert-OH is 1. The lowest BCUT2D eigenvalue weighted by Crippen LogP contribution is -2.42. The van der Waals surface area contributed by atoms with Crippen molar-refractivity contribution in [3.63, 3.8) is 0 Å². The van der Waals surface area contributed by atoms with Crippen LogP contribution in [0.4, 0.5) is 0 Å². The zero-order valence-electron chi connectivity index (χ0n) is 16.8. The molecule has 0 amide bonds. The zero-order valence-corrected chi connectivity index (χ0v) is 18.4. The lowest BCUT2D eigenvalue weighted by atomic mass is 10.1. The molecule has 0 bridgehead atoms. The molecule has 5 nitrogen and oxygen atoms in total. The maximum atomic E-state index is 12.0. The number of nitrogens with zero attached hydrogens (tertiary/aromatic N) is 1. The predicted molar refractivity (Wildman–Crippen MR) is 116 cm³/mol. The van der Waals surface area contributed by atoms with Crippen molar-refractivity contribution in [3.8, 4) is 5.75 Å². The molecule has 3 rings (SSSR count). The molecular formula is C22H28ClNO4S. The van der Waals surface area contributed by atoms with Crippen molar-refractivity contribution in [1.82, 2.24) is 4.90 Å². The standard InChI is InChI=1S/C22H28ClNO4S/c1-16-3-8-22(17(2)11-16)28-14-21(25)13-24(20-9-10-29(26,27)15-20)12-18-4-6-19(23)7-5-18/h3-8,11,20-21,25H,9-10,12-15H2,1-2H3. The van der Waals surface area contributed by atoms with E-state index >= 15 is 0 Å². The van der Waals surface area contributed by atoms with Gasteiger partial charge in [-0.15, -0.1) is 0 Å². The molecule has 2 aromatic carbocycles. The highest BCUT2D eigenvalue weighted by atomic mass is 35.5. The largest absolute Gasteiger partial charge is 0.491 e.